The molecule has 0 aromatic carbocycles. The van der Waals surface area contributed by atoms with E-state index < -0.39 is 0 Å². The molecule has 0 aliphatic carbocycles. The van der Waals surface area contributed by atoms with Crippen molar-refractivity contribution in [1.29, 1.82) is 5.26 Å². The Kier molecular flexibility index (Phi) is 6.07. The molecule has 0 spiro atoms. The summed E-state index contributed by atoms with van der Waals surface area (Å²) in [5.41, 5.74) is 0. The first-order valence-corrected chi connectivity index (χ1v) is 6.78. The lowest BCUT2D eigenvalue weighted by molar-refractivity contribution is 0.606. The van der Waals surface area contributed by atoms with Gasteiger partial charge in [0.05, 0.1) is 12.5 Å². The van der Waals surface area contributed by atoms with Crippen molar-refractivity contribution >= 4 is 11.6 Å². The summed E-state index contributed by atoms with van der Waals surface area (Å²) in [6.45, 7) is 10.7. The fourth-order valence-electron chi connectivity index (χ4n) is 1.91. The molecule has 19 heavy (non-hydrogen) atoms. The number of anilines is 2. The van der Waals surface area contributed by atoms with Crippen LogP contribution in [0.4, 0.5) is 11.6 Å². The van der Waals surface area contributed by atoms with E-state index in [1.807, 2.05) is 19.9 Å². The first-order valence-electron chi connectivity index (χ1n) is 6.78. The summed E-state index contributed by atoms with van der Waals surface area (Å²) < 4.78 is 0. The lowest BCUT2D eigenvalue weighted by Gasteiger charge is -2.25. The Labute approximate surface area is 115 Å². The number of hydrogen-bond acceptors (Lipinski definition) is 5. The van der Waals surface area contributed by atoms with Crippen LogP contribution in [-0.2, 0) is 0 Å². The molecular weight excluding hydrogens is 238 g/mol. The van der Waals surface area contributed by atoms with Crippen molar-refractivity contribution in [2.24, 2.45) is 5.92 Å². The predicted octanol–water partition coefficient (Wildman–Crippen LogP) is 2.59. The zero-order valence-corrected chi connectivity index (χ0v) is 12.3. The third kappa shape index (κ3) is 5.12. The van der Waals surface area contributed by atoms with Gasteiger partial charge in [0, 0.05) is 25.7 Å². The smallest absolute Gasteiger partial charge is 0.134 e. The van der Waals surface area contributed by atoms with Gasteiger partial charge < -0.3 is 10.2 Å². The second-order valence-corrected chi connectivity index (χ2v) is 4.94. The SMILES string of the molecule is CCNc1cc(N(CCC#N)CC(C)C)nc(C)n1. The molecule has 0 fully saturated rings. The Balaban J connectivity index is 2.96. The molecule has 0 amide bonds. The maximum atomic E-state index is 8.77. The largest absolute Gasteiger partial charge is 0.370 e. The molecule has 1 aromatic rings. The van der Waals surface area contributed by atoms with Crippen LogP contribution in [0.15, 0.2) is 6.07 Å². The van der Waals surface area contributed by atoms with Crippen LogP contribution in [-0.4, -0.2) is 29.6 Å². The molecular formula is C14H23N5. The number of nitriles is 1. The average Bonchev–Trinajstić information content (AvgIpc) is 2.33. The summed E-state index contributed by atoms with van der Waals surface area (Å²) in [7, 11) is 0. The van der Waals surface area contributed by atoms with Crippen molar-refractivity contribution < 1.29 is 0 Å². The number of aromatic nitrogens is 2. The van der Waals surface area contributed by atoms with Crippen LogP contribution in [0.3, 0.4) is 0 Å². The molecule has 1 N–H and O–H groups in total. The van der Waals surface area contributed by atoms with Crippen LogP contribution < -0.4 is 10.2 Å². The second kappa shape index (κ2) is 7.57. The Morgan fingerprint density at radius 1 is 1.42 bits per heavy atom. The number of rotatable bonds is 7. The van der Waals surface area contributed by atoms with Gasteiger partial charge in [0.15, 0.2) is 0 Å². The van der Waals surface area contributed by atoms with E-state index in [1.54, 1.807) is 0 Å². The summed E-state index contributed by atoms with van der Waals surface area (Å²) in [6.07, 6.45) is 0.506. The molecule has 1 aromatic heterocycles. The van der Waals surface area contributed by atoms with Gasteiger partial charge in [-0.3, -0.25) is 0 Å². The van der Waals surface area contributed by atoms with Crippen LogP contribution in [0.2, 0.25) is 0 Å². The molecule has 0 atom stereocenters. The summed E-state index contributed by atoms with van der Waals surface area (Å²) >= 11 is 0. The maximum absolute atomic E-state index is 8.77. The monoisotopic (exact) mass is 261 g/mol. The lowest BCUT2D eigenvalue weighted by Crippen LogP contribution is -2.29. The molecule has 104 valence electrons. The Morgan fingerprint density at radius 2 is 2.16 bits per heavy atom. The van der Waals surface area contributed by atoms with Gasteiger partial charge in [-0.1, -0.05) is 13.8 Å². The average molecular weight is 261 g/mol. The normalized spacial score (nSPS) is 10.3. The molecule has 1 rings (SSSR count). The highest BCUT2D eigenvalue weighted by Gasteiger charge is 2.11. The number of hydrogen-bond donors (Lipinski definition) is 1. The van der Waals surface area contributed by atoms with Gasteiger partial charge in [-0.15, -0.1) is 0 Å². The van der Waals surface area contributed by atoms with Crippen molar-refractivity contribution in [2.75, 3.05) is 29.9 Å². The van der Waals surface area contributed by atoms with Crippen molar-refractivity contribution in [3.05, 3.63) is 11.9 Å². The van der Waals surface area contributed by atoms with E-state index in [-0.39, 0.29) is 0 Å². The molecule has 5 heteroatoms. The minimum atomic E-state index is 0.506. The standard InChI is InChI=1S/C14H23N5/c1-5-16-13-9-14(18-12(4)17-13)19(8-6-7-15)10-11(2)3/h9,11H,5-6,8,10H2,1-4H3,(H,16,17,18). The van der Waals surface area contributed by atoms with Gasteiger partial charge in [-0.05, 0) is 19.8 Å². The molecule has 0 saturated carbocycles. The molecule has 0 aliphatic rings. The van der Waals surface area contributed by atoms with Gasteiger partial charge in [-0.25, -0.2) is 9.97 Å². The molecule has 1 heterocycles. The lowest BCUT2D eigenvalue weighted by atomic mass is 10.2. The van der Waals surface area contributed by atoms with Crippen LogP contribution >= 0.6 is 0 Å². The van der Waals surface area contributed by atoms with Gasteiger partial charge in [0.1, 0.15) is 17.5 Å². The van der Waals surface area contributed by atoms with E-state index in [1.165, 1.54) is 0 Å². The Bertz CT molecular complexity index is 436. The van der Waals surface area contributed by atoms with E-state index in [0.717, 1.165) is 30.5 Å². The Hall–Kier alpha value is -1.83. The van der Waals surface area contributed by atoms with Gasteiger partial charge in [0.2, 0.25) is 0 Å². The highest BCUT2D eigenvalue weighted by atomic mass is 15.2. The highest BCUT2D eigenvalue weighted by molar-refractivity contribution is 5.49. The molecule has 0 saturated heterocycles. The molecule has 5 nitrogen and oxygen atoms in total. The van der Waals surface area contributed by atoms with E-state index in [0.29, 0.717) is 18.9 Å². The summed E-state index contributed by atoms with van der Waals surface area (Å²) in [6, 6.07) is 4.15. The third-order valence-electron chi connectivity index (χ3n) is 2.59. The molecule has 0 aliphatic heterocycles. The van der Waals surface area contributed by atoms with Crippen molar-refractivity contribution in [3.8, 4) is 6.07 Å². The molecule has 0 unspecified atom stereocenters. The molecule has 0 bridgehead atoms. The molecule has 0 radical (unpaired) electrons. The van der Waals surface area contributed by atoms with E-state index >= 15 is 0 Å². The highest BCUT2D eigenvalue weighted by Crippen LogP contribution is 2.17. The van der Waals surface area contributed by atoms with Crippen LogP contribution in [0.5, 0.6) is 0 Å². The van der Waals surface area contributed by atoms with Crippen LogP contribution in [0, 0.1) is 24.2 Å². The second-order valence-electron chi connectivity index (χ2n) is 4.94. The third-order valence-corrected chi connectivity index (χ3v) is 2.59. The quantitative estimate of drug-likeness (QED) is 0.817. The van der Waals surface area contributed by atoms with Crippen LogP contribution in [0.1, 0.15) is 33.0 Å². The van der Waals surface area contributed by atoms with E-state index in [9.17, 15) is 0 Å². The van der Waals surface area contributed by atoms with Crippen molar-refractivity contribution in [2.45, 2.75) is 34.1 Å². The van der Waals surface area contributed by atoms with Crippen LogP contribution in [0.25, 0.3) is 0 Å². The van der Waals surface area contributed by atoms with Crippen molar-refractivity contribution in [3.63, 3.8) is 0 Å². The topological polar surface area (TPSA) is 64.8 Å². The van der Waals surface area contributed by atoms with E-state index in [2.05, 4.69) is 40.1 Å². The summed E-state index contributed by atoms with van der Waals surface area (Å²) in [4.78, 5) is 11.0. The zero-order valence-electron chi connectivity index (χ0n) is 12.3. The number of nitrogens with zero attached hydrogens (tertiary/aromatic N) is 4. The fourth-order valence-corrected chi connectivity index (χ4v) is 1.91. The first-order chi connectivity index (χ1) is 9.06. The van der Waals surface area contributed by atoms with Crippen molar-refractivity contribution in [1.82, 2.24) is 9.97 Å². The summed E-state index contributed by atoms with van der Waals surface area (Å²) in [5, 5.41) is 12.0. The van der Waals surface area contributed by atoms with Gasteiger partial charge in [-0.2, -0.15) is 5.26 Å². The Morgan fingerprint density at radius 3 is 2.74 bits per heavy atom. The maximum Gasteiger partial charge on any atom is 0.134 e. The van der Waals surface area contributed by atoms with E-state index in [4.69, 9.17) is 5.26 Å². The van der Waals surface area contributed by atoms with Gasteiger partial charge >= 0.3 is 0 Å². The minimum Gasteiger partial charge on any atom is -0.370 e. The van der Waals surface area contributed by atoms with Gasteiger partial charge in [0.25, 0.3) is 0 Å². The first kappa shape index (κ1) is 15.2. The predicted molar refractivity (Wildman–Crippen MR) is 78.2 cm³/mol. The number of nitrogens with one attached hydrogen (secondary N) is 1. The minimum absolute atomic E-state index is 0.506. The zero-order chi connectivity index (χ0) is 14.3. The fraction of sp³-hybridized carbons (Fsp3) is 0.643. The number of aryl methyl sites for hydroxylation is 1. The summed E-state index contributed by atoms with van der Waals surface area (Å²) in [5.74, 6) is 3.01.